The van der Waals surface area contributed by atoms with Crippen LogP contribution >= 0.6 is 50.6 Å². The predicted molar refractivity (Wildman–Crippen MR) is 165 cm³/mol. The van der Waals surface area contributed by atoms with Crippen LogP contribution in [0, 0.1) is 16.0 Å². The molecule has 3 aromatic carbocycles. The number of carbonyl (C=O) groups excluding carboxylic acids is 3. The normalized spacial score (nSPS) is 19.1. The van der Waals surface area contributed by atoms with Gasteiger partial charge in [-0.3, -0.25) is 29.3 Å². The average Bonchev–Trinajstić information content (AvgIpc) is 3.47. The van der Waals surface area contributed by atoms with E-state index in [0.29, 0.717) is 36.4 Å². The molecule has 2 N–H and O–H groups in total. The first kappa shape index (κ1) is 29.1. The molecule has 0 saturated carbocycles. The lowest BCUT2D eigenvalue weighted by Gasteiger charge is -2.31. The molecule has 11 nitrogen and oxygen atoms in total. The van der Waals surface area contributed by atoms with Crippen molar-refractivity contribution in [2.75, 3.05) is 16.8 Å². The largest absolute Gasteiger partial charge is 0.483 e. The quantitative estimate of drug-likeness (QED) is 0.144. The molecule has 0 radical (unpaired) electrons. The van der Waals surface area contributed by atoms with Crippen LogP contribution in [0.3, 0.4) is 0 Å². The molecule has 4 aromatic rings. The second-order valence-corrected chi connectivity index (χ2v) is 13.1. The highest BCUT2D eigenvalue weighted by Gasteiger charge is 2.57. The summed E-state index contributed by atoms with van der Waals surface area (Å²) in [5.74, 6) is -2.85. The summed E-state index contributed by atoms with van der Waals surface area (Å²) >= 11 is 11.4. The number of aromatic nitrogens is 1. The van der Waals surface area contributed by atoms with E-state index in [1.807, 2.05) is 0 Å². The number of fused-ring (bicyclic) bond motifs is 2. The SMILES string of the molecule is O=C(COc1ccc(Br)cc1C1c2sc(=O)[nH]c2SC2C(=O)N(c3ccc([N+](=O)[O-])cc3)C(=O)C21)Nc1ccc(Cl)cc1. The number of hydrogen-bond acceptors (Lipinski definition) is 9. The molecule has 218 valence electrons. The maximum atomic E-state index is 14.0. The van der Waals surface area contributed by atoms with Crippen LogP contribution in [0.25, 0.3) is 0 Å². The molecule has 1 fully saturated rings. The van der Waals surface area contributed by atoms with Gasteiger partial charge in [0.2, 0.25) is 11.8 Å². The van der Waals surface area contributed by atoms with E-state index in [0.717, 1.165) is 28.0 Å². The van der Waals surface area contributed by atoms with Crippen LogP contribution < -0.4 is 19.8 Å². The van der Waals surface area contributed by atoms with Crippen LogP contribution in [-0.4, -0.2) is 39.5 Å². The van der Waals surface area contributed by atoms with Crippen molar-refractivity contribution in [3.63, 3.8) is 0 Å². The zero-order valence-corrected chi connectivity index (χ0v) is 25.6. The van der Waals surface area contributed by atoms with Crippen molar-refractivity contribution in [2.24, 2.45) is 5.92 Å². The summed E-state index contributed by atoms with van der Waals surface area (Å²) in [6.07, 6.45) is 0. The molecular weight excluding hydrogens is 684 g/mol. The molecule has 1 saturated heterocycles. The lowest BCUT2D eigenvalue weighted by molar-refractivity contribution is -0.384. The van der Waals surface area contributed by atoms with Gasteiger partial charge in [0.1, 0.15) is 11.0 Å². The summed E-state index contributed by atoms with van der Waals surface area (Å²) in [7, 11) is 0. The van der Waals surface area contributed by atoms with E-state index in [1.165, 1.54) is 24.3 Å². The summed E-state index contributed by atoms with van der Waals surface area (Å²) in [5.41, 5.74) is 1.07. The number of rotatable bonds is 7. The maximum absolute atomic E-state index is 14.0. The van der Waals surface area contributed by atoms with Gasteiger partial charge in [0.15, 0.2) is 6.61 Å². The van der Waals surface area contributed by atoms with Crippen molar-refractivity contribution in [1.29, 1.82) is 0 Å². The van der Waals surface area contributed by atoms with Gasteiger partial charge in [-0.25, -0.2) is 4.90 Å². The minimum atomic E-state index is -0.925. The molecule has 43 heavy (non-hydrogen) atoms. The highest BCUT2D eigenvalue weighted by Crippen LogP contribution is 2.54. The van der Waals surface area contributed by atoms with Crippen LogP contribution in [0.5, 0.6) is 5.75 Å². The van der Waals surface area contributed by atoms with E-state index >= 15 is 0 Å². The van der Waals surface area contributed by atoms with Gasteiger partial charge in [0.25, 0.3) is 11.6 Å². The highest BCUT2D eigenvalue weighted by molar-refractivity contribution is 9.10. The average molecular weight is 702 g/mol. The van der Waals surface area contributed by atoms with Gasteiger partial charge in [0, 0.05) is 43.7 Å². The Morgan fingerprint density at radius 2 is 1.79 bits per heavy atom. The van der Waals surface area contributed by atoms with E-state index < -0.39 is 39.7 Å². The molecule has 0 aliphatic carbocycles. The second kappa shape index (κ2) is 11.6. The number of ether oxygens (including phenoxy) is 1. The molecule has 2 aliphatic rings. The Labute approximate surface area is 264 Å². The first-order valence-electron chi connectivity index (χ1n) is 12.6. The summed E-state index contributed by atoms with van der Waals surface area (Å²) in [6.45, 7) is -0.356. The molecule has 0 bridgehead atoms. The summed E-state index contributed by atoms with van der Waals surface area (Å²) in [5, 5.41) is 14.0. The van der Waals surface area contributed by atoms with Crippen LogP contribution in [0.4, 0.5) is 17.1 Å². The molecule has 3 heterocycles. The minimum Gasteiger partial charge on any atom is -0.483 e. The van der Waals surface area contributed by atoms with Crippen molar-refractivity contribution in [3.05, 3.63) is 106 Å². The number of carbonyl (C=O) groups is 3. The molecule has 3 amide bonds. The summed E-state index contributed by atoms with van der Waals surface area (Å²) < 4.78 is 6.62. The monoisotopic (exact) mass is 700 g/mol. The number of imide groups is 1. The Balaban J connectivity index is 1.35. The number of H-pyrrole nitrogens is 1. The van der Waals surface area contributed by atoms with Crippen LogP contribution in [0.1, 0.15) is 16.4 Å². The lowest BCUT2D eigenvalue weighted by Crippen LogP contribution is -2.32. The second-order valence-electron chi connectivity index (χ2n) is 9.56. The van der Waals surface area contributed by atoms with Gasteiger partial charge in [-0.1, -0.05) is 50.6 Å². The number of nitro benzene ring substituents is 1. The Kier molecular flexibility index (Phi) is 7.85. The van der Waals surface area contributed by atoms with Gasteiger partial charge in [-0.2, -0.15) is 0 Å². The molecular formula is C28H18BrClN4O7S2. The Hall–Kier alpha value is -3.98. The first-order chi connectivity index (χ1) is 20.6. The van der Waals surface area contributed by atoms with Gasteiger partial charge in [0.05, 0.1) is 21.6 Å². The molecule has 3 unspecified atom stereocenters. The number of non-ortho nitro benzene ring substituents is 1. The van der Waals surface area contributed by atoms with Crippen molar-refractivity contribution in [3.8, 4) is 5.75 Å². The number of aromatic amines is 1. The van der Waals surface area contributed by atoms with Crippen molar-refractivity contribution >= 4 is 85.4 Å². The highest BCUT2D eigenvalue weighted by atomic mass is 79.9. The van der Waals surface area contributed by atoms with E-state index in [-0.39, 0.29) is 22.9 Å². The Morgan fingerprint density at radius 1 is 1.07 bits per heavy atom. The molecule has 0 spiro atoms. The number of thioether (sulfide) groups is 1. The number of amides is 3. The fraction of sp³-hybridized carbons (Fsp3) is 0.143. The number of nitrogens with one attached hydrogen (secondary N) is 2. The zero-order chi connectivity index (χ0) is 30.4. The van der Waals surface area contributed by atoms with Crippen molar-refractivity contribution in [1.82, 2.24) is 4.98 Å². The van der Waals surface area contributed by atoms with Crippen molar-refractivity contribution in [2.45, 2.75) is 16.2 Å². The van der Waals surface area contributed by atoms with Gasteiger partial charge >= 0.3 is 4.87 Å². The third kappa shape index (κ3) is 5.58. The topological polar surface area (TPSA) is 152 Å². The number of anilines is 2. The van der Waals surface area contributed by atoms with Gasteiger partial charge in [-0.05, 0) is 54.6 Å². The predicted octanol–water partition coefficient (Wildman–Crippen LogP) is 5.57. The minimum absolute atomic E-state index is 0.178. The van der Waals surface area contributed by atoms with E-state index in [4.69, 9.17) is 16.3 Å². The fourth-order valence-electron chi connectivity index (χ4n) is 5.10. The van der Waals surface area contributed by atoms with Crippen LogP contribution in [0.15, 0.2) is 81.0 Å². The van der Waals surface area contributed by atoms with E-state index in [2.05, 4.69) is 26.2 Å². The number of nitro groups is 1. The summed E-state index contributed by atoms with van der Waals surface area (Å²) in [4.78, 5) is 67.5. The Morgan fingerprint density at radius 3 is 2.49 bits per heavy atom. The van der Waals surface area contributed by atoms with E-state index in [1.54, 1.807) is 42.5 Å². The van der Waals surface area contributed by atoms with Crippen molar-refractivity contribution < 1.29 is 24.0 Å². The first-order valence-corrected chi connectivity index (χ1v) is 15.5. The third-order valence-electron chi connectivity index (χ3n) is 6.94. The fourth-order valence-corrected chi connectivity index (χ4v) is 8.11. The van der Waals surface area contributed by atoms with Gasteiger partial charge in [-0.15, -0.1) is 0 Å². The van der Waals surface area contributed by atoms with Gasteiger partial charge < -0.3 is 15.0 Å². The third-order valence-corrected chi connectivity index (χ3v) is 10.1. The lowest BCUT2D eigenvalue weighted by atomic mass is 9.82. The number of thiazole rings is 1. The molecule has 3 atom stereocenters. The van der Waals surface area contributed by atoms with Crippen LogP contribution in [0.2, 0.25) is 5.02 Å². The van der Waals surface area contributed by atoms with E-state index in [9.17, 15) is 29.3 Å². The number of halogens is 2. The Bertz CT molecular complexity index is 1850. The number of benzene rings is 3. The number of hydrogen-bond donors (Lipinski definition) is 2. The smallest absolute Gasteiger partial charge is 0.305 e. The van der Waals surface area contributed by atoms with Crippen LogP contribution in [-0.2, 0) is 14.4 Å². The standard InChI is InChI=1S/C28H18BrClN4O7S2/c29-13-1-10-19(41-12-20(35)31-15-4-2-14(30)3-5-15)18(11-13)21-22-24(42-25-23(21)43-28(38)32-25)27(37)33(26(22)36)16-6-8-17(9-7-16)34(39)40/h1-11,21-22,24H,12H2,(H,31,35)(H,32,38). The molecule has 6 rings (SSSR count). The summed E-state index contributed by atoms with van der Waals surface area (Å²) in [6, 6.07) is 16.9. The zero-order valence-electron chi connectivity index (χ0n) is 21.6. The molecule has 2 aliphatic heterocycles. The molecule has 15 heteroatoms. The number of nitrogens with zero attached hydrogens (tertiary/aromatic N) is 2. The maximum Gasteiger partial charge on any atom is 0.305 e. The molecule has 1 aromatic heterocycles.